The molecule has 1 saturated heterocycles. The van der Waals surface area contributed by atoms with Gasteiger partial charge in [0.15, 0.2) is 0 Å². The Kier molecular flexibility index (Phi) is 5.12. The smallest absolute Gasteiger partial charge is 0.320 e. The molecule has 0 radical (unpaired) electrons. The number of rotatable bonds is 3. The zero-order valence-corrected chi connectivity index (χ0v) is 14.5. The molecule has 122 valence electrons. The van der Waals surface area contributed by atoms with E-state index in [1.54, 1.807) is 0 Å². The van der Waals surface area contributed by atoms with Crippen molar-refractivity contribution in [1.82, 2.24) is 4.90 Å². The molecule has 0 unspecified atom stereocenters. The van der Waals surface area contributed by atoms with Crippen LogP contribution in [0.4, 0.5) is 5.69 Å². The molecule has 0 aromatic heterocycles. The van der Waals surface area contributed by atoms with Crippen molar-refractivity contribution in [2.24, 2.45) is 0 Å². The van der Waals surface area contributed by atoms with E-state index in [1.165, 1.54) is 16.8 Å². The summed E-state index contributed by atoms with van der Waals surface area (Å²) in [5.74, 6) is -0.132. The summed E-state index contributed by atoms with van der Waals surface area (Å²) in [4.78, 5) is 16.5. The van der Waals surface area contributed by atoms with E-state index in [2.05, 4.69) is 41.8 Å². The molecule has 1 aromatic rings. The van der Waals surface area contributed by atoms with Crippen LogP contribution in [0.2, 0.25) is 0 Å². The highest BCUT2D eigenvalue weighted by molar-refractivity contribution is 5.72. The number of hydrogen-bond acceptors (Lipinski definition) is 4. The highest BCUT2D eigenvalue weighted by Gasteiger charge is 2.23. The van der Waals surface area contributed by atoms with Crippen molar-refractivity contribution in [2.75, 3.05) is 37.6 Å². The van der Waals surface area contributed by atoms with Gasteiger partial charge < -0.3 is 9.64 Å². The molecule has 1 heterocycles. The minimum absolute atomic E-state index is 0.132. The monoisotopic (exact) mass is 304 g/mol. The minimum atomic E-state index is -0.405. The summed E-state index contributed by atoms with van der Waals surface area (Å²) in [6.45, 7) is 14.1. The summed E-state index contributed by atoms with van der Waals surface area (Å²) < 4.78 is 5.39. The van der Waals surface area contributed by atoms with Crippen molar-refractivity contribution in [1.29, 1.82) is 0 Å². The van der Waals surface area contributed by atoms with E-state index in [4.69, 9.17) is 4.74 Å². The molecule has 0 aliphatic carbocycles. The number of esters is 1. The van der Waals surface area contributed by atoms with Gasteiger partial charge in [-0.2, -0.15) is 0 Å². The van der Waals surface area contributed by atoms with Crippen LogP contribution < -0.4 is 4.90 Å². The van der Waals surface area contributed by atoms with E-state index in [9.17, 15) is 4.79 Å². The van der Waals surface area contributed by atoms with Crippen molar-refractivity contribution >= 4 is 11.7 Å². The number of carbonyl (C=O) groups excluding carboxylic acids is 1. The van der Waals surface area contributed by atoms with Crippen LogP contribution in [0.3, 0.4) is 0 Å². The molecule has 1 aliphatic heterocycles. The number of hydrogen-bond donors (Lipinski definition) is 0. The van der Waals surface area contributed by atoms with Crippen LogP contribution in [-0.4, -0.2) is 49.2 Å². The number of nitrogens with zero attached hydrogens (tertiary/aromatic N) is 2. The molecule has 4 nitrogen and oxygen atoms in total. The molecular formula is C18H28N2O2. The molecule has 0 bridgehead atoms. The summed E-state index contributed by atoms with van der Waals surface area (Å²) in [5, 5.41) is 0. The number of carbonyl (C=O) groups is 1. The van der Waals surface area contributed by atoms with Crippen molar-refractivity contribution in [3.63, 3.8) is 0 Å². The van der Waals surface area contributed by atoms with Gasteiger partial charge in [-0.1, -0.05) is 12.1 Å². The van der Waals surface area contributed by atoms with E-state index in [-0.39, 0.29) is 5.97 Å². The van der Waals surface area contributed by atoms with Gasteiger partial charge in [-0.25, -0.2) is 0 Å². The van der Waals surface area contributed by atoms with E-state index in [1.807, 2.05) is 20.8 Å². The molecule has 0 saturated carbocycles. The first-order valence-electron chi connectivity index (χ1n) is 8.01. The minimum Gasteiger partial charge on any atom is -0.459 e. The third kappa shape index (κ3) is 4.47. The zero-order valence-electron chi connectivity index (χ0n) is 14.5. The van der Waals surface area contributed by atoms with E-state index in [0.717, 1.165) is 26.2 Å². The molecule has 1 fully saturated rings. The maximum absolute atomic E-state index is 11.9. The molecule has 0 atom stereocenters. The summed E-state index contributed by atoms with van der Waals surface area (Å²) in [6.07, 6.45) is 0. The van der Waals surface area contributed by atoms with Crippen molar-refractivity contribution < 1.29 is 9.53 Å². The molecule has 2 rings (SSSR count). The molecular weight excluding hydrogens is 276 g/mol. The molecule has 22 heavy (non-hydrogen) atoms. The van der Waals surface area contributed by atoms with Crippen LogP contribution in [0, 0.1) is 13.8 Å². The van der Waals surface area contributed by atoms with Crippen LogP contribution in [0.5, 0.6) is 0 Å². The Morgan fingerprint density at radius 2 is 1.77 bits per heavy atom. The van der Waals surface area contributed by atoms with E-state index < -0.39 is 5.60 Å². The van der Waals surface area contributed by atoms with E-state index >= 15 is 0 Å². The third-order valence-electron chi connectivity index (χ3n) is 4.06. The SMILES string of the molecule is Cc1cccc(N2CCN(CC(=O)OC(C)(C)C)CC2)c1C. The second-order valence-corrected chi connectivity index (χ2v) is 7.07. The maximum Gasteiger partial charge on any atom is 0.320 e. The number of ether oxygens (including phenoxy) is 1. The lowest BCUT2D eigenvalue weighted by Crippen LogP contribution is -2.48. The van der Waals surface area contributed by atoms with Gasteiger partial charge >= 0.3 is 5.97 Å². The highest BCUT2D eigenvalue weighted by Crippen LogP contribution is 2.23. The normalized spacial score (nSPS) is 16.7. The van der Waals surface area contributed by atoms with Crippen molar-refractivity contribution in [2.45, 2.75) is 40.2 Å². The van der Waals surface area contributed by atoms with Gasteiger partial charge in [0.05, 0.1) is 6.54 Å². The lowest BCUT2D eigenvalue weighted by molar-refractivity contribution is -0.156. The topological polar surface area (TPSA) is 32.8 Å². The van der Waals surface area contributed by atoms with Gasteiger partial charge in [0.1, 0.15) is 5.60 Å². The fourth-order valence-electron chi connectivity index (χ4n) is 2.78. The number of aryl methyl sites for hydroxylation is 1. The van der Waals surface area contributed by atoms with Gasteiger partial charge in [0.25, 0.3) is 0 Å². The predicted molar refractivity (Wildman–Crippen MR) is 90.4 cm³/mol. The zero-order chi connectivity index (χ0) is 16.3. The van der Waals surface area contributed by atoms with Gasteiger partial charge in [0.2, 0.25) is 0 Å². The van der Waals surface area contributed by atoms with Gasteiger partial charge in [-0.3, -0.25) is 9.69 Å². The lowest BCUT2D eigenvalue weighted by atomic mass is 10.1. The first-order valence-corrected chi connectivity index (χ1v) is 8.01. The quantitative estimate of drug-likeness (QED) is 0.804. The van der Waals surface area contributed by atoms with E-state index in [0.29, 0.717) is 6.54 Å². The fourth-order valence-corrected chi connectivity index (χ4v) is 2.78. The van der Waals surface area contributed by atoms with Gasteiger partial charge in [-0.05, 0) is 51.8 Å². The number of piperazine rings is 1. The standard InChI is InChI=1S/C18H28N2O2/c1-14-7-6-8-16(15(14)2)20-11-9-19(10-12-20)13-17(21)22-18(3,4)5/h6-8H,9-13H2,1-5H3. The van der Waals surface area contributed by atoms with Crippen LogP contribution in [0.15, 0.2) is 18.2 Å². The predicted octanol–water partition coefficient (Wildman–Crippen LogP) is 2.77. The number of anilines is 1. The van der Waals surface area contributed by atoms with Gasteiger partial charge in [0, 0.05) is 31.9 Å². The largest absolute Gasteiger partial charge is 0.459 e. The Bertz CT molecular complexity index is 526. The van der Waals surface area contributed by atoms with Gasteiger partial charge in [-0.15, -0.1) is 0 Å². The molecule has 0 spiro atoms. The summed E-state index contributed by atoms with van der Waals surface area (Å²) in [5.41, 5.74) is 3.59. The Labute approximate surface area is 134 Å². The first-order chi connectivity index (χ1) is 10.3. The molecule has 0 N–H and O–H groups in total. The molecule has 1 aliphatic rings. The fraction of sp³-hybridized carbons (Fsp3) is 0.611. The number of benzene rings is 1. The molecule has 1 aromatic carbocycles. The Morgan fingerprint density at radius 3 is 2.36 bits per heavy atom. The van der Waals surface area contributed by atoms with Crippen LogP contribution in [-0.2, 0) is 9.53 Å². The summed E-state index contributed by atoms with van der Waals surface area (Å²) >= 11 is 0. The van der Waals surface area contributed by atoms with Crippen LogP contribution in [0.1, 0.15) is 31.9 Å². The van der Waals surface area contributed by atoms with Crippen LogP contribution in [0.25, 0.3) is 0 Å². The van der Waals surface area contributed by atoms with Crippen molar-refractivity contribution in [3.8, 4) is 0 Å². The summed E-state index contributed by atoms with van der Waals surface area (Å²) in [6, 6.07) is 6.45. The Morgan fingerprint density at radius 1 is 1.14 bits per heavy atom. The second-order valence-electron chi connectivity index (χ2n) is 7.07. The lowest BCUT2D eigenvalue weighted by Gasteiger charge is -2.36. The molecule has 4 heteroatoms. The highest BCUT2D eigenvalue weighted by atomic mass is 16.6. The third-order valence-corrected chi connectivity index (χ3v) is 4.06. The van der Waals surface area contributed by atoms with Crippen molar-refractivity contribution in [3.05, 3.63) is 29.3 Å². The second kappa shape index (κ2) is 6.69. The average Bonchev–Trinajstić information content (AvgIpc) is 2.41. The maximum atomic E-state index is 11.9. The Balaban J connectivity index is 1.88. The molecule has 0 amide bonds. The summed E-state index contributed by atoms with van der Waals surface area (Å²) in [7, 11) is 0. The Hall–Kier alpha value is -1.55. The average molecular weight is 304 g/mol. The first kappa shape index (κ1) is 16.8. The van der Waals surface area contributed by atoms with Crippen LogP contribution >= 0.6 is 0 Å².